The summed E-state index contributed by atoms with van der Waals surface area (Å²) in [5.74, 6) is 1.50. The Labute approximate surface area is 175 Å². The highest BCUT2D eigenvalue weighted by molar-refractivity contribution is 6.05. The second-order valence-corrected chi connectivity index (χ2v) is 8.25. The van der Waals surface area contributed by atoms with Crippen molar-refractivity contribution >= 4 is 22.6 Å². The number of esters is 1. The molecule has 3 aliphatic heterocycles. The van der Waals surface area contributed by atoms with E-state index < -0.39 is 0 Å². The van der Waals surface area contributed by atoms with Crippen LogP contribution in [0.3, 0.4) is 0 Å². The first-order valence-corrected chi connectivity index (χ1v) is 10.4. The molecule has 3 aliphatic rings. The summed E-state index contributed by atoms with van der Waals surface area (Å²) in [5.41, 5.74) is 5.40. The third-order valence-electron chi connectivity index (χ3n) is 6.91. The normalized spacial score (nSPS) is 24.9. The molecular weight excluding hydrogens is 384 g/mol. The summed E-state index contributed by atoms with van der Waals surface area (Å²) in [6.07, 6.45) is 3.43. The van der Waals surface area contributed by atoms with Gasteiger partial charge in [-0.2, -0.15) is 0 Å². The molecule has 30 heavy (non-hydrogen) atoms. The lowest BCUT2D eigenvalue weighted by molar-refractivity contribution is -0.545. The molecule has 7 nitrogen and oxygen atoms in total. The van der Waals surface area contributed by atoms with Crippen LogP contribution in [0.25, 0.3) is 10.9 Å². The highest BCUT2D eigenvalue weighted by Crippen LogP contribution is 2.41. The Morgan fingerprint density at radius 1 is 1.20 bits per heavy atom. The van der Waals surface area contributed by atoms with E-state index in [9.17, 15) is 4.79 Å². The number of fused-ring (bicyclic) bond motifs is 5. The number of nitrogens with one attached hydrogen (secondary N) is 1. The van der Waals surface area contributed by atoms with E-state index in [-0.39, 0.29) is 23.9 Å². The largest absolute Gasteiger partial charge is 0.497 e. The molecule has 1 N–H and O–H groups in total. The summed E-state index contributed by atoms with van der Waals surface area (Å²) in [7, 11) is 4.74. The van der Waals surface area contributed by atoms with Gasteiger partial charge in [0.15, 0.2) is 11.5 Å². The van der Waals surface area contributed by atoms with Crippen molar-refractivity contribution in [2.75, 3.05) is 34.4 Å². The molecule has 0 bridgehead atoms. The number of H-pyrrole nitrogens is 1. The highest BCUT2D eigenvalue weighted by Gasteiger charge is 2.47. The Morgan fingerprint density at radius 3 is 2.70 bits per heavy atom. The highest BCUT2D eigenvalue weighted by atomic mass is 16.5. The van der Waals surface area contributed by atoms with E-state index in [4.69, 9.17) is 18.9 Å². The number of methoxy groups -OCH3 is 3. The molecule has 3 atom stereocenters. The molecule has 158 valence electrons. The molecule has 0 aliphatic carbocycles. The van der Waals surface area contributed by atoms with E-state index in [0.717, 1.165) is 42.9 Å². The van der Waals surface area contributed by atoms with Crippen molar-refractivity contribution in [2.24, 2.45) is 11.8 Å². The quantitative estimate of drug-likeness (QED) is 0.621. The van der Waals surface area contributed by atoms with Gasteiger partial charge in [-0.1, -0.05) is 0 Å². The molecule has 0 amide bonds. The Balaban J connectivity index is 1.60. The number of hydrogen-bond donors (Lipinski definition) is 1. The fraction of sp³-hybridized carbons (Fsp3) is 0.478. The molecule has 0 radical (unpaired) electrons. The fourth-order valence-electron chi connectivity index (χ4n) is 5.30. The van der Waals surface area contributed by atoms with Crippen molar-refractivity contribution in [1.29, 1.82) is 0 Å². The van der Waals surface area contributed by atoms with Crippen LogP contribution in [0.15, 0.2) is 24.0 Å². The molecule has 1 aromatic heterocycles. The van der Waals surface area contributed by atoms with Crippen LogP contribution in [0, 0.1) is 11.8 Å². The molecular formula is C23H27N2O5+. The van der Waals surface area contributed by atoms with Gasteiger partial charge in [0.1, 0.15) is 24.9 Å². The summed E-state index contributed by atoms with van der Waals surface area (Å²) in [6, 6.07) is 4.06. The first-order chi connectivity index (χ1) is 14.5. The molecule has 0 spiro atoms. The van der Waals surface area contributed by atoms with Crippen molar-refractivity contribution in [2.45, 2.75) is 25.9 Å². The minimum atomic E-state index is -0.298. The zero-order valence-corrected chi connectivity index (χ0v) is 17.8. The topological polar surface area (TPSA) is 72.8 Å². The molecule has 0 fully saturated rings. The van der Waals surface area contributed by atoms with Crippen molar-refractivity contribution in [3.05, 3.63) is 35.2 Å². The Bertz CT molecular complexity index is 1100. The van der Waals surface area contributed by atoms with E-state index in [1.165, 1.54) is 23.8 Å². The third-order valence-corrected chi connectivity index (χ3v) is 6.91. The minimum absolute atomic E-state index is 0.0718. The molecule has 7 heteroatoms. The van der Waals surface area contributed by atoms with Crippen LogP contribution in [-0.2, 0) is 20.7 Å². The zero-order valence-electron chi connectivity index (χ0n) is 17.8. The van der Waals surface area contributed by atoms with Crippen LogP contribution in [0.5, 0.6) is 11.5 Å². The molecule has 4 heterocycles. The molecule has 1 aromatic carbocycles. The van der Waals surface area contributed by atoms with Crippen molar-refractivity contribution < 1.29 is 28.3 Å². The maximum atomic E-state index is 12.4. The second kappa shape index (κ2) is 7.07. The lowest BCUT2D eigenvalue weighted by Crippen LogP contribution is -2.48. The van der Waals surface area contributed by atoms with Gasteiger partial charge in [-0.15, -0.1) is 0 Å². The minimum Gasteiger partial charge on any atom is -0.497 e. The van der Waals surface area contributed by atoms with Gasteiger partial charge >= 0.3 is 5.97 Å². The number of benzene rings is 1. The van der Waals surface area contributed by atoms with Crippen molar-refractivity contribution in [3.8, 4) is 11.5 Å². The summed E-state index contributed by atoms with van der Waals surface area (Å²) >= 11 is 0. The summed E-state index contributed by atoms with van der Waals surface area (Å²) in [6.45, 7) is 3.91. The lowest BCUT2D eigenvalue weighted by atomic mass is 9.74. The summed E-state index contributed by atoms with van der Waals surface area (Å²) < 4.78 is 24.3. The first kappa shape index (κ1) is 19.0. The molecule has 0 saturated carbocycles. The SMILES string of the molecule is COC(=O)C1=CO[C@@H](C)[C@@H]2C[N+]3=C(C[C@H]12)c1[nH]c2cc(OC)c(OC)cc2c1CC3. The van der Waals surface area contributed by atoms with Crippen molar-refractivity contribution in [1.82, 2.24) is 4.98 Å². The van der Waals surface area contributed by atoms with Crippen LogP contribution in [-0.4, -0.2) is 61.8 Å². The van der Waals surface area contributed by atoms with Gasteiger partial charge in [-0.05, 0) is 18.6 Å². The standard InChI is InChI=1S/C23H26N2O5/c1-12-16-10-25-6-5-13-15-8-20(27-2)21(28-3)9-18(15)24-22(13)19(25)7-14(16)17(11-30-12)23(26)29-4/h8-9,11-12,14,16H,5-7,10H2,1-4H3/p+1/t12-,14-,16-/m0/s1. The summed E-state index contributed by atoms with van der Waals surface area (Å²) in [4.78, 5) is 16.0. The fourth-order valence-corrected chi connectivity index (χ4v) is 5.30. The Morgan fingerprint density at radius 2 is 1.97 bits per heavy atom. The molecule has 0 saturated heterocycles. The second-order valence-electron chi connectivity index (χ2n) is 8.25. The van der Waals surface area contributed by atoms with Crippen LogP contribution in [0.1, 0.15) is 24.6 Å². The van der Waals surface area contributed by atoms with Crippen LogP contribution < -0.4 is 9.47 Å². The third kappa shape index (κ3) is 2.71. The lowest BCUT2D eigenvalue weighted by Gasteiger charge is -2.38. The molecule has 5 rings (SSSR count). The van der Waals surface area contributed by atoms with Crippen LogP contribution >= 0.6 is 0 Å². The number of aromatic amines is 1. The van der Waals surface area contributed by atoms with Gasteiger partial charge < -0.3 is 23.9 Å². The molecule has 2 aromatic rings. The number of ether oxygens (including phenoxy) is 4. The predicted molar refractivity (Wildman–Crippen MR) is 111 cm³/mol. The Hall–Kier alpha value is -2.96. The van der Waals surface area contributed by atoms with E-state index in [1.54, 1.807) is 20.5 Å². The van der Waals surface area contributed by atoms with E-state index >= 15 is 0 Å². The van der Waals surface area contributed by atoms with Gasteiger partial charge in [0.25, 0.3) is 0 Å². The number of carbonyl (C=O) groups is 1. The smallest absolute Gasteiger partial charge is 0.337 e. The maximum absolute atomic E-state index is 12.4. The number of nitrogens with zero attached hydrogens (tertiary/aromatic N) is 1. The number of carbonyl (C=O) groups excluding carboxylic acids is 1. The van der Waals surface area contributed by atoms with Gasteiger partial charge in [-0.3, -0.25) is 0 Å². The van der Waals surface area contributed by atoms with Gasteiger partial charge in [-0.25, -0.2) is 9.37 Å². The monoisotopic (exact) mass is 411 g/mol. The van der Waals surface area contributed by atoms with Gasteiger partial charge in [0, 0.05) is 30.2 Å². The predicted octanol–water partition coefficient (Wildman–Crippen LogP) is 2.65. The Kier molecular flexibility index (Phi) is 4.49. The average molecular weight is 411 g/mol. The summed E-state index contributed by atoms with van der Waals surface area (Å²) in [5, 5.41) is 1.17. The van der Waals surface area contributed by atoms with E-state index in [1.807, 2.05) is 6.07 Å². The maximum Gasteiger partial charge on any atom is 0.337 e. The average Bonchev–Trinajstić information content (AvgIpc) is 3.14. The van der Waals surface area contributed by atoms with Crippen molar-refractivity contribution in [3.63, 3.8) is 0 Å². The number of rotatable bonds is 3. The van der Waals surface area contributed by atoms with E-state index in [0.29, 0.717) is 11.3 Å². The van der Waals surface area contributed by atoms with Crippen LogP contribution in [0.2, 0.25) is 0 Å². The number of hydrogen-bond acceptors (Lipinski definition) is 5. The van der Waals surface area contributed by atoms with Crippen LogP contribution in [0.4, 0.5) is 0 Å². The molecule has 0 unspecified atom stereocenters. The first-order valence-electron chi connectivity index (χ1n) is 10.4. The number of aromatic nitrogens is 1. The van der Waals surface area contributed by atoms with Gasteiger partial charge in [0.2, 0.25) is 5.71 Å². The zero-order chi connectivity index (χ0) is 21.0. The van der Waals surface area contributed by atoms with E-state index in [2.05, 4.69) is 22.5 Å². The van der Waals surface area contributed by atoms with Gasteiger partial charge in [0.05, 0.1) is 44.6 Å².